The molecule has 2 atom stereocenters. The van der Waals surface area contributed by atoms with E-state index in [-0.39, 0.29) is 23.9 Å². The van der Waals surface area contributed by atoms with Crippen molar-refractivity contribution in [2.24, 2.45) is 0 Å². The van der Waals surface area contributed by atoms with Gasteiger partial charge in [0.1, 0.15) is 6.04 Å². The Bertz CT molecular complexity index is 1590. The van der Waals surface area contributed by atoms with Crippen LogP contribution in [0.4, 0.5) is 5.69 Å². The highest BCUT2D eigenvalue weighted by Crippen LogP contribution is 2.24. The Morgan fingerprint density at radius 3 is 2.11 bits per heavy atom. The van der Waals surface area contributed by atoms with Crippen LogP contribution in [-0.4, -0.2) is 33.9 Å². The third-order valence-electron chi connectivity index (χ3n) is 8.11. The van der Waals surface area contributed by atoms with E-state index in [0.29, 0.717) is 19.0 Å². The number of aryl methyl sites for hydroxylation is 2. The monoisotopic (exact) mass is 620 g/mol. The predicted octanol–water partition coefficient (Wildman–Crippen LogP) is 6.00. The Labute approximate surface area is 273 Å². The Balaban J connectivity index is 0.000000199. The van der Waals surface area contributed by atoms with E-state index in [4.69, 9.17) is 0 Å². The summed E-state index contributed by atoms with van der Waals surface area (Å²) in [5.74, 6) is 0.537. The normalized spacial score (nSPS) is 16.2. The van der Waals surface area contributed by atoms with Crippen molar-refractivity contribution in [3.63, 3.8) is 0 Å². The second-order valence-electron chi connectivity index (χ2n) is 11.9. The average Bonchev–Trinajstić information content (AvgIpc) is 3.10. The molecule has 0 saturated carbocycles. The minimum atomic E-state index is -0.161. The number of nitrogens with one attached hydrogen (secondary N) is 4. The van der Waals surface area contributed by atoms with Crippen LogP contribution < -0.4 is 21.3 Å². The summed E-state index contributed by atoms with van der Waals surface area (Å²) in [6.07, 6.45) is 9.81. The van der Waals surface area contributed by atoms with Gasteiger partial charge in [-0.1, -0.05) is 82.3 Å². The molecule has 0 radical (unpaired) electrons. The molecule has 6 rings (SSSR count). The van der Waals surface area contributed by atoms with Gasteiger partial charge in [0.25, 0.3) is 0 Å². The van der Waals surface area contributed by atoms with E-state index in [9.17, 15) is 9.59 Å². The van der Waals surface area contributed by atoms with Gasteiger partial charge in [0.15, 0.2) is 0 Å². The van der Waals surface area contributed by atoms with E-state index in [1.807, 2.05) is 75.8 Å². The maximum atomic E-state index is 12.4. The molecule has 2 aliphatic heterocycles. The molecule has 46 heavy (non-hydrogen) atoms. The van der Waals surface area contributed by atoms with Crippen molar-refractivity contribution in [3.05, 3.63) is 124 Å². The fourth-order valence-electron chi connectivity index (χ4n) is 5.53. The molecule has 2 unspecified atom stereocenters. The summed E-state index contributed by atoms with van der Waals surface area (Å²) >= 11 is 0. The Hall–Kier alpha value is -4.56. The molecule has 4 heterocycles. The van der Waals surface area contributed by atoms with Gasteiger partial charge >= 0.3 is 0 Å². The molecule has 2 aliphatic rings. The van der Waals surface area contributed by atoms with E-state index in [1.54, 1.807) is 6.20 Å². The van der Waals surface area contributed by atoms with E-state index in [2.05, 4.69) is 69.3 Å². The first kappa shape index (κ1) is 34.3. The lowest BCUT2D eigenvalue weighted by atomic mass is 9.95. The van der Waals surface area contributed by atoms with Gasteiger partial charge in [-0.25, -0.2) is 0 Å². The number of fused-ring (bicyclic) bond motifs is 2. The van der Waals surface area contributed by atoms with E-state index in [0.717, 1.165) is 48.2 Å². The number of hydrogen-bond acceptors (Lipinski definition) is 6. The lowest BCUT2D eigenvalue weighted by Crippen LogP contribution is -2.47. The van der Waals surface area contributed by atoms with Crippen LogP contribution in [0.5, 0.6) is 0 Å². The Morgan fingerprint density at radius 2 is 1.41 bits per heavy atom. The van der Waals surface area contributed by atoms with Crippen molar-refractivity contribution in [1.82, 2.24) is 25.9 Å². The standard InChI is InChI=1S/C19H23N3O.C17H19N3O.C2H6/c1-13(2)16-9-14(10-20-12-16)11-21-19(23)18-8-7-15-5-3-4-6-17(15)22-18;1-12-6-13(9-18-8-12)10-20-17(21)16-7-14-4-2-3-5-15(14)11-19-16;1-2/h3-6,9-10,12-13,18,22H,7-8,11H2,1-2H3,(H,21,23);2-6,8-9,16,19H,7,10-11H2,1H3,(H,20,21);1-2H3. The molecule has 0 spiro atoms. The second kappa shape index (κ2) is 17.2. The van der Waals surface area contributed by atoms with Crippen LogP contribution in [0.2, 0.25) is 0 Å². The van der Waals surface area contributed by atoms with Crippen LogP contribution in [0.3, 0.4) is 0 Å². The molecule has 2 amide bonds. The summed E-state index contributed by atoms with van der Waals surface area (Å²) < 4.78 is 0. The molecule has 4 N–H and O–H groups in total. The summed E-state index contributed by atoms with van der Waals surface area (Å²) in [7, 11) is 0. The maximum absolute atomic E-state index is 12.4. The van der Waals surface area contributed by atoms with Gasteiger partial charge in [0.2, 0.25) is 11.8 Å². The lowest BCUT2D eigenvalue weighted by Gasteiger charge is -2.26. The number of anilines is 1. The van der Waals surface area contributed by atoms with Crippen molar-refractivity contribution >= 4 is 17.5 Å². The topological polar surface area (TPSA) is 108 Å². The molecule has 242 valence electrons. The molecule has 8 heteroatoms. The highest BCUT2D eigenvalue weighted by Gasteiger charge is 2.24. The highest BCUT2D eigenvalue weighted by atomic mass is 16.2. The summed E-state index contributed by atoms with van der Waals surface area (Å²) in [6.45, 7) is 12.1. The number of para-hydroxylation sites is 1. The average molecular weight is 621 g/mol. The molecule has 0 bridgehead atoms. The molecule has 0 fully saturated rings. The molecule has 4 aromatic rings. The first-order valence-corrected chi connectivity index (χ1v) is 16.4. The number of carbonyl (C=O) groups excluding carboxylic acids is 2. The number of aromatic nitrogens is 2. The Morgan fingerprint density at radius 1 is 0.804 bits per heavy atom. The molecule has 2 aromatic carbocycles. The molecule has 8 nitrogen and oxygen atoms in total. The highest BCUT2D eigenvalue weighted by molar-refractivity contribution is 5.85. The summed E-state index contributed by atoms with van der Waals surface area (Å²) in [5, 5.41) is 12.6. The van der Waals surface area contributed by atoms with Crippen LogP contribution >= 0.6 is 0 Å². The zero-order valence-electron chi connectivity index (χ0n) is 27.8. The van der Waals surface area contributed by atoms with E-state index < -0.39 is 0 Å². The van der Waals surface area contributed by atoms with Gasteiger partial charge in [-0.2, -0.15) is 0 Å². The van der Waals surface area contributed by atoms with Crippen LogP contribution in [0.15, 0.2) is 85.5 Å². The quantitative estimate of drug-likeness (QED) is 0.202. The number of pyridine rings is 2. The minimum absolute atomic E-state index is 0.0472. The zero-order chi connectivity index (χ0) is 32.9. The first-order valence-electron chi connectivity index (χ1n) is 16.4. The Kier molecular flexibility index (Phi) is 12.8. The van der Waals surface area contributed by atoms with Gasteiger partial charge in [-0.05, 0) is 77.1 Å². The zero-order valence-corrected chi connectivity index (χ0v) is 27.8. The fraction of sp³-hybridized carbons (Fsp3) is 0.368. The number of carbonyl (C=O) groups is 2. The SMILES string of the molecule is CC.CC(C)c1cncc(CNC(=O)C2CCc3ccccc3N2)c1.Cc1cncc(CNC(=O)C2Cc3ccccc3CN2)c1. The van der Waals surface area contributed by atoms with Crippen LogP contribution in [-0.2, 0) is 42.1 Å². The van der Waals surface area contributed by atoms with Crippen LogP contribution in [0.1, 0.15) is 79.0 Å². The number of hydrogen-bond donors (Lipinski definition) is 4. The summed E-state index contributed by atoms with van der Waals surface area (Å²) in [5.41, 5.74) is 9.26. The number of amides is 2. The summed E-state index contributed by atoms with van der Waals surface area (Å²) in [4.78, 5) is 33.1. The van der Waals surface area contributed by atoms with E-state index in [1.165, 1.54) is 22.3 Å². The lowest BCUT2D eigenvalue weighted by molar-refractivity contribution is -0.123. The third kappa shape index (κ3) is 9.72. The molecule has 2 aromatic heterocycles. The van der Waals surface area contributed by atoms with Gasteiger partial charge in [-0.3, -0.25) is 19.6 Å². The smallest absolute Gasteiger partial charge is 0.242 e. The largest absolute Gasteiger partial charge is 0.373 e. The first-order chi connectivity index (χ1) is 22.4. The van der Waals surface area contributed by atoms with Gasteiger partial charge in [0.05, 0.1) is 6.04 Å². The van der Waals surface area contributed by atoms with Gasteiger partial charge in [0, 0.05) is 50.1 Å². The number of benzene rings is 2. The molecule has 0 saturated heterocycles. The molecular formula is C38H48N6O2. The van der Waals surface area contributed by atoms with Crippen molar-refractivity contribution in [2.75, 3.05) is 5.32 Å². The summed E-state index contributed by atoms with van der Waals surface area (Å²) in [6, 6.07) is 20.3. The fourth-order valence-corrected chi connectivity index (χ4v) is 5.53. The van der Waals surface area contributed by atoms with Crippen molar-refractivity contribution < 1.29 is 9.59 Å². The van der Waals surface area contributed by atoms with Gasteiger partial charge < -0.3 is 21.3 Å². The van der Waals surface area contributed by atoms with Gasteiger partial charge in [-0.15, -0.1) is 0 Å². The van der Waals surface area contributed by atoms with Crippen molar-refractivity contribution in [3.8, 4) is 0 Å². The third-order valence-corrected chi connectivity index (χ3v) is 8.11. The number of nitrogens with zero attached hydrogens (tertiary/aromatic N) is 2. The van der Waals surface area contributed by atoms with E-state index >= 15 is 0 Å². The van der Waals surface area contributed by atoms with Crippen molar-refractivity contribution in [2.45, 2.75) is 91.5 Å². The minimum Gasteiger partial charge on any atom is -0.373 e. The molecule has 0 aliphatic carbocycles. The second-order valence-corrected chi connectivity index (χ2v) is 11.9. The molecular weight excluding hydrogens is 572 g/mol. The number of rotatable bonds is 7. The maximum Gasteiger partial charge on any atom is 0.242 e. The van der Waals surface area contributed by atoms with Crippen molar-refractivity contribution in [1.29, 1.82) is 0 Å². The van der Waals surface area contributed by atoms with Crippen LogP contribution in [0, 0.1) is 6.92 Å². The van der Waals surface area contributed by atoms with Crippen LogP contribution in [0.25, 0.3) is 0 Å². The predicted molar refractivity (Wildman–Crippen MR) is 185 cm³/mol.